The molecule has 1 aliphatic rings. The zero-order valence-corrected chi connectivity index (χ0v) is 29.8. The van der Waals surface area contributed by atoms with E-state index in [1.807, 2.05) is 0 Å². The molecule has 4 aromatic rings. The third-order valence-electron chi connectivity index (χ3n) is 7.15. The molecular formula is C34H37BrF6N8O2. The van der Waals surface area contributed by atoms with Crippen LogP contribution in [-0.2, 0) is 19.3 Å². The summed E-state index contributed by atoms with van der Waals surface area (Å²) in [7, 11) is 3.22. The number of ether oxygens (including phenoxy) is 1. The summed E-state index contributed by atoms with van der Waals surface area (Å²) in [6.07, 6.45) is 1.28. The third-order valence-corrected chi connectivity index (χ3v) is 7.64. The zero-order valence-electron chi connectivity index (χ0n) is 28.2. The molecule has 274 valence electrons. The predicted octanol–water partition coefficient (Wildman–Crippen LogP) is 7.85. The normalized spacial score (nSPS) is 13.1. The summed E-state index contributed by atoms with van der Waals surface area (Å²) < 4.78 is 84.0. The van der Waals surface area contributed by atoms with Gasteiger partial charge in [-0.1, -0.05) is 28.1 Å². The number of aliphatic hydroxyl groups excluding tert-OH is 1. The van der Waals surface area contributed by atoms with Crippen LogP contribution in [0.1, 0.15) is 66.7 Å². The van der Waals surface area contributed by atoms with Gasteiger partial charge >= 0.3 is 6.18 Å². The van der Waals surface area contributed by atoms with Crippen LogP contribution in [0.4, 0.5) is 26.3 Å². The Morgan fingerprint density at radius 1 is 1.14 bits per heavy atom. The van der Waals surface area contributed by atoms with E-state index in [2.05, 4.69) is 57.9 Å². The van der Waals surface area contributed by atoms with Crippen LogP contribution >= 0.6 is 15.9 Å². The number of nitrogens with zero attached hydrogens (tertiary/aromatic N) is 7. The van der Waals surface area contributed by atoms with Crippen molar-refractivity contribution >= 4 is 34.8 Å². The molecule has 51 heavy (non-hydrogen) atoms. The molecule has 1 aliphatic carbocycles. The minimum atomic E-state index is -4.53. The summed E-state index contributed by atoms with van der Waals surface area (Å²) >= 11 is 3.34. The van der Waals surface area contributed by atoms with Crippen molar-refractivity contribution in [3.05, 3.63) is 93.1 Å². The molecule has 0 spiro atoms. The van der Waals surface area contributed by atoms with Gasteiger partial charge in [0.2, 0.25) is 5.88 Å². The number of aliphatic hydroxyl groups is 1. The highest BCUT2D eigenvalue weighted by atomic mass is 79.9. The number of methoxy groups -OCH3 is 1. The number of alkyl halides is 4. The van der Waals surface area contributed by atoms with Gasteiger partial charge in [0.1, 0.15) is 35.7 Å². The van der Waals surface area contributed by atoms with Crippen molar-refractivity contribution in [1.29, 1.82) is 0 Å². The van der Waals surface area contributed by atoms with E-state index in [-0.39, 0.29) is 24.2 Å². The molecule has 0 radical (unpaired) electrons. The molecule has 0 unspecified atom stereocenters. The van der Waals surface area contributed by atoms with Crippen molar-refractivity contribution in [2.24, 2.45) is 15.0 Å². The Morgan fingerprint density at radius 3 is 2.41 bits per heavy atom. The van der Waals surface area contributed by atoms with E-state index < -0.39 is 24.5 Å². The maximum absolute atomic E-state index is 14.0. The summed E-state index contributed by atoms with van der Waals surface area (Å²) in [5.74, 6) is 0.367. The van der Waals surface area contributed by atoms with E-state index in [0.717, 1.165) is 29.2 Å². The summed E-state index contributed by atoms with van der Waals surface area (Å²) in [6.45, 7) is 6.10. The minimum absolute atomic E-state index is 0.108. The topological polar surface area (TPSA) is 122 Å². The number of imidazole rings is 1. The van der Waals surface area contributed by atoms with E-state index in [0.29, 0.717) is 46.4 Å². The van der Waals surface area contributed by atoms with Crippen LogP contribution in [0.25, 0.3) is 11.4 Å². The molecule has 2 heterocycles. The van der Waals surface area contributed by atoms with Gasteiger partial charge in [-0.25, -0.2) is 33.1 Å². The van der Waals surface area contributed by atoms with Crippen molar-refractivity contribution in [3.63, 3.8) is 0 Å². The second-order valence-corrected chi connectivity index (χ2v) is 12.0. The van der Waals surface area contributed by atoms with Crippen LogP contribution in [-0.4, -0.2) is 64.5 Å². The van der Waals surface area contributed by atoms with Crippen molar-refractivity contribution in [1.82, 2.24) is 24.8 Å². The monoisotopic (exact) mass is 782 g/mol. The molecule has 17 heteroatoms. The molecule has 2 aromatic carbocycles. The molecular weight excluding hydrogens is 746 g/mol. The summed E-state index contributed by atoms with van der Waals surface area (Å²) in [6, 6.07) is 8.84. The average Bonchev–Trinajstić information content (AvgIpc) is 3.83. The lowest BCUT2D eigenvalue weighted by molar-refractivity contribution is -0.140. The van der Waals surface area contributed by atoms with E-state index in [4.69, 9.17) is 9.84 Å². The number of halogens is 7. The van der Waals surface area contributed by atoms with Gasteiger partial charge < -0.3 is 19.7 Å². The van der Waals surface area contributed by atoms with E-state index in [9.17, 15) is 26.3 Å². The third kappa shape index (κ3) is 11.5. The lowest BCUT2D eigenvalue weighted by Gasteiger charge is -2.12. The molecule has 2 N–H and O–H groups in total. The first kappa shape index (κ1) is 40.9. The number of amidine groups is 1. The second kappa shape index (κ2) is 19.2. The predicted molar refractivity (Wildman–Crippen MR) is 187 cm³/mol. The maximum atomic E-state index is 14.0. The lowest BCUT2D eigenvalue weighted by Crippen LogP contribution is -2.10. The van der Waals surface area contributed by atoms with Crippen LogP contribution in [0.3, 0.4) is 0 Å². The van der Waals surface area contributed by atoms with Crippen LogP contribution in [0.15, 0.2) is 68.4 Å². The van der Waals surface area contributed by atoms with Gasteiger partial charge in [0.25, 0.3) is 0 Å². The number of hydrogen-bond acceptors (Lipinski definition) is 7. The van der Waals surface area contributed by atoms with Gasteiger partial charge in [-0.15, -0.1) is 0 Å². The minimum Gasteiger partial charge on any atom is -0.480 e. The molecule has 0 atom stereocenters. The number of benzene rings is 2. The molecule has 0 aliphatic heterocycles. The second-order valence-electron chi connectivity index (χ2n) is 11.1. The van der Waals surface area contributed by atoms with Gasteiger partial charge in [-0.2, -0.15) is 13.2 Å². The van der Waals surface area contributed by atoms with E-state index >= 15 is 0 Å². The van der Waals surface area contributed by atoms with Gasteiger partial charge in [0.05, 0.1) is 19.3 Å². The summed E-state index contributed by atoms with van der Waals surface area (Å²) in [5, 5.41) is 9.73. The fourth-order valence-corrected chi connectivity index (χ4v) is 5.08. The van der Waals surface area contributed by atoms with E-state index in [1.54, 1.807) is 45.2 Å². The Kier molecular flexibility index (Phi) is 15.4. The van der Waals surface area contributed by atoms with Gasteiger partial charge in [0, 0.05) is 45.9 Å². The Bertz CT molecular complexity index is 1830. The molecule has 5 rings (SSSR count). The first-order valence-electron chi connectivity index (χ1n) is 15.4. The molecule has 1 fully saturated rings. The van der Waals surface area contributed by atoms with Gasteiger partial charge in [-0.3, -0.25) is 9.98 Å². The fraction of sp³-hybridized carbons (Fsp3) is 0.353. The SMILES string of the molecule is C=NC=NC(=NCc1cc(Br)ccc1F)c1c(OC)ncnc1C1CC1.CNCc1ccc(-c2nc(C(F)(F)F)cn2C(C)C)cc1F.OCF. The number of rotatable bonds is 10. The van der Waals surface area contributed by atoms with Crippen LogP contribution in [0.2, 0.25) is 0 Å². The molecule has 0 saturated heterocycles. The van der Waals surface area contributed by atoms with Crippen LogP contribution < -0.4 is 10.1 Å². The zero-order chi connectivity index (χ0) is 37.7. The lowest BCUT2D eigenvalue weighted by atomic mass is 10.1. The number of aromatic nitrogens is 4. The summed E-state index contributed by atoms with van der Waals surface area (Å²) in [5.41, 5.74) is 1.70. The quantitative estimate of drug-likeness (QED) is 0.0961. The summed E-state index contributed by atoms with van der Waals surface area (Å²) in [4.78, 5) is 24.6. The number of nitrogens with one attached hydrogen (secondary N) is 1. The Morgan fingerprint density at radius 2 is 1.84 bits per heavy atom. The smallest absolute Gasteiger partial charge is 0.434 e. The van der Waals surface area contributed by atoms with Crippen molar-refractivity contribution in [2.45, 2.75) is 57.9 Å². The first-order valence-corrected chi connectivity index (χ1v) is 16.2. The highest BCUT2D eigenvalue weighted by Crippen LogP contribution is 2.42. The molecule has 0 amide bonds. The number of aliphatic imine (C=N–C) groups is 3. The van der Waals surface area contributed by atoms with Crippen LogP contribution in [0, 0.1) is 11.6 Å². The Hall–Kier alpha value is -4.48. The highest BCUT2D eigenvalue weighted by molar-refractivity contribution is 9.10. The van der Waals surface area contributed by atoms with Crippen molar-refractivity contribution in [3.8, 4) is 17.3 Å². The van der Waals surface area contributed by atoms with Gasteiger partial charge in [0.15, 0.2) is 18.4 Å². The standard InChI is InChI=1S/C18H17BrFN5O.C15H17F4N3.CH3FO/c1-21-9-24-17(22-8-12-7-13(19)5-6-14(12)20)15-16(11-3-4-11)23-10-25-18(15)26-2;1-9(2)22-8-13(15(17,18)19)21-14(22)10-4-5-11(7-20-3)12(16)6-10;2-1-3/h5-7,9-11H,1,3-4,8H2,2H3;4-6,8-9,20H,7H2,1-3H3;3H,1H2. The fourth-order valence-electron chi connectivity index (χ4n) is 4.68. The molecule has 10 nitrogen and oxygen atoms in total. The number of hydrogen-bond donors (Lipinski definition) is 2. The van der Waals surface area contributed by atoms with Crippen molar-refractivity contribution < 1.29 is 36.2 Å². The molecule has 1 saturated carbocycles. The molecule has 2 aromatic heterocycles. The van der Waals surface area contributed by atoms with Crippen molar-refractivity contribution in [2.75, 3.05) is 21.0 Å². The Balaban J connectivity index is 0.000000259. The Labute approximate surface area is 299 Å². The maximum Gasteiger partial charge on any atom is 0.434 e. The van der Waals surface area contributed by atoms with Gasteiger partial charge in [-0.05, 0) is 64.7 Å². The van der Waals surface area contributed by atoms with E-state index in [1.165, 1.54) is 36.5 Å². The first-order chi connectivity index (χ1) is 24.3. The highest BCUT2D eigenvalue weighted by Gasteiger charge is 2.35. The van der Waals surface area contributed by atoms with Crippen LogP contribution in [0.5, 0.6) is 5.88 Å². The largest absolute Gasteiger partial charge is 0.480 e. The molecule has 0 bridgehead atoms. The average molecular weight is 784 g/mol.